The molecule has 0 saturated carbocycles. The maximum atomic E-state index is 11.9. The van der Waals surface area contributed by atoms with Gasteiger partial charge in [-0.3, -0.25) is 4.79 Å². The lowest BCUT2D eigenvalue weighted by atomic mass is 10.1. The number of benzene rings is 2. The summed E-state index contributed by atoms with van der Waals surface area (Å²) in [5.74, 6) is -1.46. The van der Waals surface area contributed by atoms with Gasteiger partial charge in [0.2, 0.25) is 5.91 Å². The van der Waals surface area contributed by atoms with E-state index in [1.165, 1.54) is 24.3 Å². The van der Waals surface area contributed by atoms with Gasteiger partial charge >= 0.3 is 5.97 Å². The summed E-state index contributed by atoms with van der Waals surface area (Å²) >= 11 is 5.96. The van der Waals surface area contributed by atoms with Gasteiger partial charge in [-0.15, -0.1) is 0 Å². The Hall–Kier alpha value is -2.59. The van der Waals surface area contributed by atoms with Crippen LogP contribution >= 0.6 is 11.6 Å². The Morgan fingerprint density at radius 2 is 1.91 bits per heavy atom. The third-order valence-electron chi connectivity index (χ3n) is 3.07. The van der Waals surface area contributed by atoms with Gasteiger partial charge in [0.05, 0.1) is 16.3 Å². The fourth-order valence-corrected chi connectivity index (χ4v) is 2.03. The van der Waals surface area contributed by atoms with Crippen molar-refractivity contribution in [3.8, 4) is 0 Å². The van der Waals surface area contributed by atoms with Crippen LogP contribution in [0.25, 0.3) is 6.08 Å². The van der Waals surface area contributed by atoms with E-state index in [9.17, 15) is 9.59 Å². The zero-order valence-corrected chi connectivity index (χ0v) is 12.6. The van der Waals surface area contributed by atoms with Crippen molar-refractivity contribution in [1.82, 2.24) is 0 Å². The van der Waals surface area contributed by atoms with Crippen molar-refractivity contribution >= 4 is 35.2 Å². The molecule has 2 rings (SSSR count). The number of carboxylic acid groups (broad SMARTS) is 1. The van der Waals surface area contributed by atoms with Crippen molar-refractivity contribution in [2.24, 2.45) is 0 Å². The molecule has 0 unspecified atom stereocenters. The van der Waals surface area contributed by atoms with Crippen LogP contribution in [0.2, 0.25) is 5.02 Å². The maximum absolute atomic E-state index is 11.9. The summed E-state index contributed by atoms with van der Waals surface area (Å²) in [6.07, 6.45) is 3.08. The van der Waals surface area contributed by atoms with Crippen LogP contribution < -0.4 is 5.32 Å². The molecule has 0 aromatic heterocycles. The normalized spacial score (nSPS) is 10.6. The molecule has 112 valence electrons. The Kier molecular flexibility index (Phi) is 4.96. The van der Waals surface area contributed by atoms with Gasteiger partial charge in [0.25, 0.3) is 0 Å². The molecule has 0 spiro atoms. The van der Waals surface area contributed by atoms with E-state index in [1.54, 1.807) is 6.08 Å². The molecule has 0 radical (unpaired) electrons. The number of carboxylic acids is 1. The van der Waals surface area contributed by atoms with Crippen LogP contribution in [-0.4, -0.2) is 17.0 Å². The van der Waals surface area contributed by atoms with Gasteiger partial charge in [-0.05, 0) is 42.3 Å². The lowest BCUT2D eigenvalue weighted by molar-refractivity contribution is -0.111. The molecule has 0 fully saturated rings. The number of anilines is 1. The highest BCUT2D eigenvalue weighted by Crippen LogP contribution is 2.23. The minimum absolute atomic E-state index is 0.0579. The van der Waals surface area contributed by atoms with Crippen molar-refractivity contribution < 1.29 is 14.7 Å². The van der Waals surface area contributed by atoms with Crippen LogP contribution in [0.15, 0.2) is 48.5 Å². The third-order valence-corrected chi connectivity index (χ3v) is 3.40. The van der Waals surface area contributed by atoms with Gasteiger partial charge in [-0.25, -0.2) is 4.79 Å². The number of aryl methyl sites for hydroxylation is 1. The summed E-state index contributed by atoms with van der Waals surface area (Å²) in [5.41, 5.74) is 2.31. The molecule has 0 aliphatic carbocycles. The standard InChI is InChI=1S/C17H14ClNO3/c1-11-4-2-3-5-12(11)7-9-16(20)19-15-10-13(17(21)22)6-8-14(15)18/h2-10H,1H3,(H,19,20)(H,21,22)/b9-7+. The summed E-state index contributed by atoms with van der Waals surface area (Å²) in [4.78, 5) is 22.9. The van der Waals surface area contributed by atoms with E-state index in [-0.39, 0.29) is 22.2 Å². The summed E-state index contributed by atoms with van der Waals surface area (Å²) in [5, 5.41) is 11.8. The zero-order valence-electron chi connectivity index (χ0n) is 11.8. The van der Waals surface area contributed by atoms with Crippen molar-refractivity contribution in [3.63, 3.8) is 0 Å². The van der Waals surface area contributed by atoms with Gasteiger partial charge < -0.3 is 10.4 Å². The fourth-order valence-electron chi connectivity index (χ4n) is 1.87. The predicted octanol–water partition coefficient (Wildman–Crippen LogP) is 4.00. The Morgan fingerprint density at radius 1 is 1.18 bits per heavy atom. The van der Waals surface area contributed by atoms with Crippen molar-refractivity contribution in [1.29, 1.82) is 0 Å². The highest BCUT2D eigenvalue weighted by molar-refractivity contribution is 6.34. The molecule has 0 bridgehead atoms. The number of hydrogen-bond acceptors (Lipinski definition) is 2. The topological polar surface area (TPSA) is 66.4 Å². The van der Waals surface area contributed by atoms with Crippen LogP contribution in [0, 0.1) is 6.92 Å². The fraction of sp³-hybridized carbons (Fsp3) is 0.0588. The van der Waals surface area contributed by atoms with Crippen LogP contribution in [0.1, 0.15) is 21.5 Å². The molecule has 2 aromatic carbocycles. The molecule has 1 amide bonds. The molecule has 0 aliphatic heterocycles. The van der Waals surface area contributed by atoms with Crippen molar-refractivity contribution in [2.45, 2.75) is 6.92 Å². The molecule has 5 heteroatoms. The largest absolute Gasteiger partial charge is 0.478 e. The van der Waals surface area contributed by atoms with E-state index in [0.29, 0.717) is 0 Å². The SMILES string of the molecule is Cc1ccccc1/C=C/C(=O)Nc1cc(C(=O)O)ccc1Cl. The molecular weight excluding hydrogens is 302 g/mol. The van der Waals surface area contributed by atoms with Crippen molar-refractivity contribution in [3.05, 3.63) is 70.3 Å². The lowest BCUT2D eigenvalue weighted by Crippen LogP contribution is -2.09. The van der Waals surface area contributed by atoms with E-state index in [1.807, 2.05) is 31.2 Å². The molecular formula is C17H14ClNO3. The first-order valence-electron chi connectivity index (χ1n) is 6.55. The molecule has 2 aromatic rings. The minimum atomic E-state index is -1.08. The van der Waals surface area contributed by atoms with E-state index in [2.05, 4.69) is 5.32 Å². The van der Waals surface area contributed by atoms with E-state index in [4.69, 9.17) is 16.7 Å². The highest BCUT2D eigenvalue weighted by Gasteiger charge is 2.08. The first-order valence-corrected chi connectivity index (χ1v) is 6.92. The van der Waals surface area contributed by atoms with Gasteiger partial charge in [0, 0.05) is 6.08 Å². The van der Waals surface area contributed by atoms with E-state index in [0.717, 1.165) is 11.1 Å². The Labute approximate surface area is 133 Å². The van der Waals surface area contributed by atoms with Crippen LogP contribution in [0.3, 0.4) is 0 Å². The van der Waals surface area contributed by atoms with E-state index < -0.39 is 5.97 Å². The quantitative estimate of drug-likeness (QED) is 0.838. The van der Waals surface area contributed by atoms with Crippen molar-refractivity contribution in [2.75, 3.05) is 5.32 Å². The van der Waals surface area contributed by atoms with Gasteiger partial charge in [0.1, 0.15) is 0 Å². The van der Waals surface area contributed by atoms with Crippen LogP contribution in [-0.2, 0) is 4.79 Å². The average molecular weight is 316 g/mol. The molecule has 2 N–H and O–H groups in total. The molecule has 4 nitrogen and oxygen atoms in total. The maximum Gasteiger partial charge on any atom is 0.335 e. The Bertz CT molecular complexity index is 753. The smallest absolute Gasteiger partial charge is 0.335 e. The summed E-state index contributed by atoms with van der Waals surface area (Å²) in [7, 11) is 0. The summed E-state index contributed by atoms with van der Waals surface area (Å²) in [6.45, 7) is 1.95. The second-order valence-electron chi connectivity index (χ2n) is 4.68. The van der Waals surface area contributed by atoms with Gasteiger partial charge in [0.15, 0.2) is 0 Å². The summed E-state index contributed by atoms with van der Waals surface area (Å²) < 4.78 is 0. The first kappa shape index (κ1) is 15.8. The molecule has 0 atom stereocenters. The monoisotopic (exact) mass is 315 g/mol. The zero-order chi connectivity index (χ0) is 16.1. The van der Waals surface area contributed by atoms with E-state index >= 15 is 0 Å². The molecule has 0 heterocycles. The summed E-state index contributed by atoms with van der Waals surface area (Å²) in [6, 6.07) is 11.8. The van der Waals surface area contributed by atoms with Crippen LogP contribution in [0.4, 0.5) is 5.69 Å². The molecule has 22 heavy (non-hydrogen) atoms. The number of halogens is 1. The second-order valence-corrected chi connectivity index (χ2v) is 5.09. The number of aromatic carboxylic acids is 1. The third kappa shape index (κ3) is 3.96. The number of carbonyl (C=O) groups is 2. The Balaban J connectivity index is 2.14. The highest BCUT2D eigenvalue weighted by atomic mass is 35.5. The second kappa shape index (κ2) is 6.91. The number of carbonyl (C=O) groups excluding carboxylic acids is 1. The minimum Gasteiger partial charge on any atom is -0.478 e. The number of hydrogen-bond donors (Lipinski definition) is 2. The Morgan fingerprint density at radius 3 is 2.59 bits per heavy atom. The number of rotatable bonds is 4. The molecule has 0 saturated heterocycles. The number of amides is 1. The number of nitrogens with one attached hydrogen (secondary N) is 1. The van der Waals surface area contributed by atoms with Crippen LogP contribution in [0.5, 0.6) is 0 Å². The first-order chi connectivity index (χ1) is 10.5. The van der Waals surface area contributed by atoms with Gasteiger partial charge in [-0.1, -0.05) is 35.9 Å². The average Bonchev–Trinajstić information content (AvgIpc) is 2.48. The predicted molar refractivity (Wildman–Crippen MR) is 87.3 cm³/mol. The lowest BCUT2D eigenvalue weighted by Gasteiger charge is -2.06. The van der Waals surface area contributed by atoms with Gasteiger partial charge in [-0.2, -0.15) is 0 Å². The molecule has 0 aliphatic rings.